The van der Waals surface area contributed by atoms with Crippen LogP contribution in [0.1, 0.15) is 20.8 Å². The van der Waals surface area contributed by atoms with Crippen LogP contribution in [-0.2, 0) is 14.3 Å². The van der Waals surface area contributed by atoms with Crippen LogP contribution >= 0.6 is 15.9 Å². The average molecular weight is 347 g/mol. The van der Waals surface area contributed by atoms with Gasteiger partial charge in [-0.1, -0.05) is 0 Å². The third kappa shape index (κ3) is 4.03. The lowest BCUT2D eigenvalue weighted by Gasteiger charge is -2.20. The third-order valence-corrected chi connectivity index (χ3v) is 3.36. The van der Waals surface area contributed by atoms with Crippen LogP contribution in [0.5, 0.6) is 5.75 Å². The van der Waals surface area contributed by atoms with E-state index in [2.05, 4.69) is 15.9 Å². The quantitative estimate of drug-likeness (QED) is 0.586. The molecule has 6 heteroatoms. The molecule has 0 aliphatic heterocycles. The number of ketones is 1. The van der Waals surface area contributed by atoms with Gasteiger partial charge in [0.05, 0.1) is 11.1 Å². The van der Waals surface area contributed by atoms with Crippen LogP contribution < -0.4 is 4.74 Å². The third-order valence-electron chi connectivity index (χ3n) is 2.74. The standard InChI is InChI=1S/C14H16BrFO4/c1-4-19-13(18)14(2,3)12(17)8-20-11-6-5-9(16)7-10(11)15/h5-7H,4,8H2,1-3H3. The second kappa shape index (κ2) is 6.83. The summed E-state index contributed by atoms with van der Waals surface area (Å²) >= 11 is 3.13. The molecule has 0 aliphatic carbocycles. The molecule has 0 radical (unpaired) electrons. The predicted molar refractivity (Wildman–Crippen MR) is 75.0 cm³/mol. The Hall–Kier alpha value is -1.43. The molecular weight excluding hydrogens is 331 g/mol. The number of halogens is 2. The lowest BCUT2D eigenvalue weighted by atomic mass is 9.88. The van der Waals surface area contributed by atoms with Crippen LogP contribution in [0.25, 0.3) is 0 Å². The Morgan fingerprint density at radius 3 is 2.55 bits per heavy atom. The molecule has 0 aromatic heterocycles. The topological polar surface area (TPSA) is 52.6 Å². The SMILES string of the molecule is CCOC(=O)C(C)(C)C(=O)COc1ccc(F)cc1Br. The number of esters is 1. The van der Waals surface area contributed by atoms with Crippen molar-refractivity contribution in [2.75, 3.05) is 13.2 Å². The van der Waals surface area contributed by atoms with Crippen molar-refractivity contribution in [1.29, 1.82) is 0 Å². The Morgan fingerprint density at radius 1 is 1.35 bits per heavy atom. The van der Waals surface area contributed by atoms with Crippen LogP contribution in [-0.4, -0.2) is 25.0 Å². The second-order valence-electron chi connectivity index (χ2n) is 4.63. The average Bonchev–Trinajstić information content (AvgIpc) is 2.37. The van der Waals surface area contributed by atoms with Gasteiger partial charge in [0.2, 0.25) is 0 Å². The number of carbonyl (C=O) groups excluding carboxylic acids is 2. The minimum absolute atomic E-state index is 0.208. The first-order valence-corrected chi connectivity index (χ1v) is 6.86. The van der Waals surface area contributed by atoms with Crippen molar-refractivity contribution in [3.63, 3.8) is 0 Å². The normalized spacial score (nSPS) is 11.1. The molecule has 0 unspecified atom stereocenters. The van der Waals surface area contributed by atoms with E-state index in [0.717, 1.165) is 0 Å². The van der Waals surface area contributed by atoms with Gasteiger partial charge in [-0.3, -0.25) is 9.59 Å². The number of carbonyl (C=O) groups is 2. The van der Waals surface area contributed by atoms with Gasteiger partial charge < -0.3 is 9.47 Å². The van der Waals surface area contributed by atoms with Gasteiger partial charge in [0.15, 0.2) is 5.78 Å². The molecule has 1 aromatic rings. The van der Waals surface area contributed by atoms with E-state index in [4.69, 9.17) is 9.47 Å². The van der Waals surface area contributed by atoms with Gasteiger partial charge in [-0.15, -0.1) is 0 Å². The second-order valence-corrected chi connectivity index (χ2v) is 5.49. The van der Waals surface area contributed by atoms with Crippen LogP contribution in [0.4, 0.5) is 4.39 Å². The molecular formula is C14H16BrFO4. The van der Waals surface area contributed by atoms with Crippen molar-refractivity contribution in [3.05, 3.63) is 28.5 Å². The highest BCUT2D eigenvalue weighted by atomic mass is 79.9. The molecule has 1 rings (SSSR count). The molecule has 0 heterocycles. The van der Waals surface area contributed by atoms with Crippen LogP contribution in [0, 0.1) is 11.2 Å². The molecule has 0 amide bonds. The number of Topliss-reactive ketones (excluding diaryl/α,β-unsaturated/α-hetero) is 1. The summed E-state index contributed by atoms with van der Waals surface area (Å²) in [4.78, 5) is 23.7. The smallest absolute Gasteiger partial charge is 0.319 e. The van der Waals surface area contributed by atoms with Crippen LogP contribution in [0.15, 0.2) is 22.7 Å². The first kappa shape index (κ1) is 16.6. The summed E-state index contributed by atoms with van der Waals surface area (Å²) in [6.45, 7) is 4.55. The zero-order valence-corrected chi connectivity index (χ0v) is 13.1. The highest BCUT2D eigenvalue weighted by Gasteiger charge is 2.37. The van der Waals surface area contributed by atoms with Gasteiger partial charge in [0.1, 0.15) is 23.6 Å². The Morgan fingerprint density at radius 2 is 2.00 bits per heavy atom. The number of hydrogen-bond acceptors (Lipinski definition) is 4. The maximum Gasteiger partial charge on any atom is 0.319 e. The van der Waals surface area contributed by atoms with E-state index in [1.54, 1.807) is 6.92 Å². The highest BCUT2D eigenvalue weighted by molar-refractivity contribution is 9.10. The molecule has 0 saturated heterocycles. The summed E-state index contributed by atoms with van der Waals surface area (Å²) in [5, 5.41) is 0. The Bertz CT molecular complexity index is 514. The van der Waals surface area contributed by atoms with Crippen LogP contribution in [0.3, 0.4) is 0 Å². The molecule has 0 bridgehead atoms. The Balaban J connectivity index is 2.69. The summed E-state index contributed by atoms with van der Waals surface area (Å²) in [7, 11) is 0. The van der Waals surface area contributed by atoms with Gasteiger partial charge in [0.25, 0.3) is 0 Å². The van der Waals surface area contributed by atoms with E-state index in [9.17, 15) is 14.0 Å². The van der Waals surface area contributed by atoms with E-state index >= 15 is 0 Å². The lowest BCUT2D eigenvalue weighted by molar-refractivity contribution is -0.158. The molecule has 0 aliphatic rings. The van der Waals surface area contributed by atoms with Crippen molar-refractivity contribution in [3.8, 4) is 5.75 Å². The van der Waals surface area contributed by atoms with Gasteiger partial charge >= 0.3 is 5.97 Å². The molecule has 0 atom stereocenters. The van der Waals surface area contributed by atoms with Crippen molar-refractivity contribution in [2.24, 2.45) is 5.41 Å². The molecule has 0 saturated carbocycles. The number of benzene rings is 1. The summed E-state index contributed by atoms with van der Waals surface area (Å²) in [6, 6.07) is 3.86. The van der Waals surface area contributed by atoms with E-state index < -0.39 is 23.0 Å². The summed E-state index contributed by atoms with van der Waals surface area (Å²) in [5.41, 5.74) is -1.28. The summed E-state index contributed by atoms with van der Waals surface area (Å²) in [5.74, 6) is -1.08. The Kier molecular flexibility index (Phi) is 5.68. The van der Waals surface area contributed by atoms with E-state index in [-0.39, 0.29) is 13.2 Å². The molecule has 0 N–H and O–H groups in total. The fourth-order valence-corrected chi connectivity index (χ4v) is 1.81. The molecule has 20 heavy (non-hydrogen) atoms. The first-order chi connectivity index (χ1) is 9.28. The first-order valence-electron chi connectivity index (χ1n) is 6.07. The Labute approximate surface area is 125 Å². The van der Waals surface area contributed by atoms with E-state index in [1.165, 1.54) is 32.0 Å². The largest absolute Gasteiger partial charge is 0.485 e. The van der Waals surface area contributed by atoms with Gasteiger partial charge in [-0.05, 0) is 54.9 Å². The van der Waals surface area contributed by atoms with Crippen molar-refractivity contribution in [2.45, 2.75) is 20.8 Å². The molecule has 0 fully saturated rings. The summed E-state index contributed by atoms with van der Waals surface area (Å²) in [6.07, 6.45) is 0. The number of ether oxygens (including phenoxy) is 2. The van der Waals surface area contributed by atoms with Gasteiger partial charge in [-0.2, -0.15) is 0 Å². The summed E-state index contributed by atoms with van der Waals surface area (Å²) < 4.78 is 23.5. The predicted octanol–water partition coefficient (Wildman–Crippen LogP) is 3.13. The fourth-order valence-electron chi connectivity index (χ4n) is 1.34. The maximum atomic E-state index is 12.9. The minimum Gasteiger partial charge on any atom is -0.485 e. The number of rotatable bonds is 6. The van der Waals surface area contributed by atoms with Crippen LogP contribution in [0.2, 0.25) is 0 Å². The molecule has 110 valence electrons. The minimum atomic E-state index is -1.28. The molecule has 0 spiro atoms. The van der Waals surface area contributed by atoms with Crippen molar-refractivity contribution in [1.82, 2.24) is 0 Å². The van der Waals surface area contributed by atoms with E-state index in [0.29, 0.717) is 10.2 Å². The lowest BCUT2D eigenvalue weighted by Crippen LogP contribution is -2.38. The van der Waals surface area contributed by atoms with E-state index in [1.807, 2.05) is 0 Å². The van der Waals surface area contributed by atoms with Crippen molar-refractivity contribution >= 4 is 27.7 Å². The fraction of sp³-hybridized carbons (Fsp3) is 0.429. The zero-order valence-electron chi connectivity index (χ0n) is 11.5. The van der Waals surface area contributed by atoms with Crippen molar-refractivity contribution < 1.29 is 23.5 Å². The van der Waals surface area contributed by atoms with Gasteiger partial charge in [0, 0.05) is 0 Å². The zero-order chi connectivity index (χ0) is 15.3. The number of hydrogen-bond donors (Lipinski definition) is 0. The van der Waals surface area contributed by atoms with Gasteiger partial charge in [-0.25, -0.2) is 4.39 Å². The maximum absolute atomic E-state index is 12.9. The monoisotopic (exact) mass is 346 g/mol. The highest BCUT2D eigenvalue weighted by Crippen LogP contribution is 2.26. The molecule has 4 nitrogen and oxygen atoms in total. The molecule has 1 aromatic carbocycles.